The third-order valence-corrected chi connectivity index (χ3v) is 6.68. The highest BCUT2D eigenvalue weighted by Gasteiger charge is 2.19. The Morgan fingerprint density at radius 3 is 2.55 bits per heavy atom. The van der Waals surface area contributed by atoms with Crippen LogP contribution < -0.4 is 4.74 Å². The highest BCUT2D eigenvalue weighted by molar-refractivity contribution is 6.00. The smallest absolute Gasteiger partial charge is 0.253 e. The molecule has 3 aromatic rings. The van der Waals surface area contributed by atoms with Crippen molar-refractivity contribution in [3.8, 4) is 16.9 Å². The van der Waals surface area contributed by atoms with E-state index < -0.39 is 0 Å². The average Bonchev–Trinajstić information content (AvgIpc) is 2.89. The Kier molecular flexibility index (Phi) is 6.89. The van der Waals surface area contributed by atoms with Crippen LogP contribution in [0.4, 0.5) is 0 Å². The lowest BCUT2D eigenvalue weighted by atomic mass is 9.96. The molecule has 3 aromatic carbocycles. The van der Waals surface area contributed by atoms with E-state index in [0.717, 1.165) is 86.6 Å². The number of fused-ring (bicyclic) bond motifs is 1. The fourth-order valence-electron chi connectivity index (χ4n) is 4.82. The largest absolute Gasteiger partial charge is 0.492 e. The van der Waals surface area contributed by atoms with Crippen molar-refractivity contribution in [2.75, 3.05) is 52.5 Å². The van der Waals surface area contributed by atoms with Crippen molar-refractivity contribution in [3.63, 3.8) is 0 Å². The first-order valence-electron chi connectivity index (χ1n) is 12.1. The molecule has 0 aliphatic carbocycles. The predicted molar refractivity (Wildman–Crippen MR) is 132 cm³/mol. The second-order valence-electron chi connectivity index (χ2n) is 8.93. The van der Waals surface area contributed by atoms with Gasteiger partial charge in [0, 0.05) is 38.3 Å². The van der Waals surface area contributed by atoms with Gasteiger partial charge in [0.25, 0.3) is 5.91 Å². The van der Waals surface area contributed by atoms with E-state index in [1.165, 1.54) is 11.8 Å². The van der Waals surface area contributed by atoms with E-state index in [2.05, 4.69) is 47.4 Å². The highest BCUT2D eigenvalue weighted by Crippen LogP contribution is 2.34. The summed E-state index contributed by atoms with van der Waals surface area (Å²) >= 11 is 0. The lowest BCUT2D eigenvalue weighted by Crippen LogP contribution is -2.38. The van der Waals surface area contributed by atoms with E-state index in [9.17, 15) is 4.79 Å². The van der Waals surface area contributed by atoms with Gasteiger partial charge in [-0.1, -0.05) is 36.4 Å². The summed E-state index contributed by atoms with van der Waals surface area (Å²) in [7, 11) is 0. The van der Waals surface area contributed by atoms with Gasteiger partial charge in [-0.25, -0.2) is 0 Å². The molecule has 33 heavy (non-hydrogen) atoms. The Bertz CT molecular complexity index is 1100. The Morgan fingerprint density at radius 1 is 0.879 bits per heavy atom. The molecule has 2 aliphatic rings. The van der Waals surface area contributed by atoms with Crippen molar-refractivity contribution in [2.24, 2.45) is 0 Å². The fraction of sp³-hybridized carbons (Fsp3) is 0.393. The molecule has 172 valence electrons. The molecule has 1 amide bonds. The van der Waals surface area contributed by atoms with Crippen LogP contribution in [0.25, 0.3) is 21.9 Å². The molecule has 0 radical (unpaired) electrons. The topological polar surface area (TPSA) is 42.0 Å². The summed E-state index contributed by atoms with van der Waals surface area (Å²) < 4.78 is 11.6. The van der Waals surface area contributed by atoms with Crippen LogP contribution in [-0.4, -0.2) is 68.3 Å². The molecule has 0 N–H and O–H groups in total. The maximum absolute atomic E-state index is 13.1. The zero-order valence-corrected chi connectivity index (χ0v) is 19.2. The van der Waals surface area contributed by atoms with Crippen LogP contribution in [0.3, 0.4) is 0 Å². The van der Waals surface area contributed by atoms with Crippen LogP contribution in [0.1, 0.15) is 29.6 Å². The molecule has 0 atom stereocenters. The van der Waals surface area contributed by atoms with Gasteiger partial charge in [0.1, 0.15) is 12.4 Å². The van der Waals surface area contributed by atoms with Gasteiger partial charge in [-0.15, -0.1) is 0 Å². The van der Waals surface area contributed by atoms with Crippen LogP contribution in [0, 0.1) is 0 Å². The van der Waals surface area contributed by atoms with E-state index in [4.69, 9.17) is 9.47 Å². The molecule has 0 bridgehead atoms. The number of morpholine rings is 1. The minimum absolute atomic E-state index is 0.138. The zero-order chi connectivity index (χ0) is 22.5. The first-order valence-corrected chi connectivity index (χ1v) is 12.1. The number of hydrogen-bond acceptors (Lipinski definition) is 4. The Labute approximate surface area is 195 Å². The maximum Gasteiger partial charge on any atom is 0.253 e. The summed E-state index contributed by atoms with van der Waals surface area (Å²) in [5.74, 6) is 1.00. The first-order chi connectivity index (χ1) is 16.3. The van der Waals surface area contributed by atoms with Crippen molar-refractivity contribution in [3.05, 3.63) is 66.2 Å². The number of piperidine rings is 1. The van der Waals surface area contributed by atoms with E-state index >= 15 is 0 Å². The monoisotopic (exact) mass is 444 g/mol. The molecule has 0 spiro atoms. The van der Waals surface area contributed by atoms with E-state index in [1.54, 1.807) is 0 Å². The molecule has 5 nitrogen and oxygen atoms in total. The molecular weight excluding hydrogens is 412 g/mol. The number of benzene rings is 3. The highest BCUT2D eigenvalue weighted by atomic mass is 16.5. The van der Waals surface area contributed by atoms with Gasteiger partial charge in [-0.3, -0.25) is 9.69 Å². The Morgan fingerprint density at radius 2 is 1.70 bits per heavy atom. The quantitative estimate of drug-likeness (QED) is 0.545. The third kappa shape index (κ3) is 5.21. The van der Waals surface area contributed by atoms with Crippen molar-refractivity contribution in [1.29, 1.82) is 0 Å². The van der Waals surface area contributed by atoms with Crippen LogP contribution >= 0.6 is 0 Å². The van der Waals surface area contributed by atoms with Crippen molar-refractivity contribution < 1.29 is 14.3 Å². The number of carbonyl (C=O) groups is 1. The van der Waals surface area contributed by atoms with Crippen LogP contribution in [0.15, 0.2) is 60.7 Å². The maximum atomic E-state index is 13.1. The summed E-state index contributed by atoms with van der Waals surface area (Å²) in [6, 6.07) is 20.7. The molecule has 0 unspecified atom stereocenters. The molecule has 2 fully saturated rings. The van der Waals surface area contributed by atoms with Gasteiger partial charge in [0.15, 0.2) is 0 Å². The zero-order valence-electron chi connectivity index (χ0n) is 19.2. The number of amides is 1. The number of carbonyl (C=O) groups excluding carboxylic acids is 1. The molecule has 0 aromatic heterocycles. The lowest BCUT2D eigenvalue weighted by Gasteiger charge is -2.27. The lowest BCUT2D eigenvalue weighted by molar-refractivity contribution is 0.0322. The number of likely N-dealkylation sites (tertiary alicyclic amines) is 1. The average molecular weight is 445 g/mol. The minimum Gasteiger partial charge on any atom is -0.492 e. The Hall–Kier alpha value is -2.89. The fourth-order valence-corrected chi connectivity index (χ4v) is 4.82. The standard InChI is InChI=1S/C28H32N2O3/c31-28(30-11-4-1-5-12-30)24-9-6-8-22(19-24)27-21-25(20-23-7-2-3-10-26(23)27)33-18-15-29-13-16-32-17-14-29/h2-3,6-10,19-21H,1,4-5,11-18H2. The molecule has 2 saturated heterocycles. The van der Waals surface area contributed by atoms with E-state index in [-0.39, 0.29) is 5.91 Å². The second kappa shape index (κ2) is 10.4. The molecular formula is C28H32N2O3. The van der Waals surface area contributed by atoms with Crippen LogP contribution in [0.2, 0.25) is 0 Å². The molecule has 2 aliphatic heterocycles. The van der Waals surface area contributed by atoms with E-state index in [0.29, 0.717) is 6.61 Å². The van der Waals surface area contributed by atoms with E-state index in [1.807, 2.05) is 23.1 Å². The SMILES string of the molecule is O=C(c1cccc(-c2cc(OCCN3CCOCC3)cc3ccccc23)c1)N1CCCCC1. The van der Waals surface area contributed by atoms with Crippen molar-refractivity contribution >= 4 is 16.7 Å². The molecule has 2 heterocycles. The van der Waals surface area contributed by atoms with Gasteiger partial charge in [-0.2, -0.15) is 0 Å². The summed E-state index contributed by atoms with van der Waals surface area (Å²) in [6.45, 7) is 6.78. The van der Waals surface area contributed by atoms with Gasteiger partial charge >= 0.3 is 0 Å². The van der Waals surface area contributed by atoms with Gasteiger partial charge in [0.2, 0.25) is 0 Å². The minimum atomic E-state index is 0.138. The molecule has 0 saturated carbocycles. The summed E-state index contributed by atoms with van der Waals surface area (Å²) in [4.78, 5) is 17.5. The number of hydrogen-bond donors (Lipinski definition) is 0. The van der Waals surface area contributed by atoms with Gasteiger partial charge < -0.3 is 14.4 Å². The first kappa shape index (κ1) is 21.9. The number of rotatable bonds is 6. The van der Waals surface area contributed by atoms with Crippen molar-refractivity contribution in [2.45, 2.75) is 19.3 Å². The second-order valence-corrected chi connectivity index (χ2v) is 8.93. The third-order valence-electron chi connectivity index (χ3n) is 6.68. The van der Waals surface area contributed by atoms with Crippen LogP contribution in [-0.2, 0) is 4.74 Å². The number of nitrogens with zero attached hydrogens (tertiary/aromatic N) is 2. The summed E-state index contributed by atoms with van der Waals surface area (Å²) in [5, 5.41) is 2.31. The molecule has 5 rings (SSSR count). The predicted octanol–water partition coefficient (Wildman–Crippen LogP) is 4.84. The normalized spacial score (nSPS) is 17.3. The Balaban J connectivity index is 1.40. The van der Waals surface area contributed by atoms with Gasteiger partial charge in [-0.05, 0) is 65.4 Å². The van der Waals surface area contributed by atoms with Gasteiger partial charge in [0.05, 0.1) is 13.2 Å². The molecule has 5 heteroatoms. The number of ether oxygens (including phenoxy) is 2. The van der Waals surface area contributed by atoms with Crippen molar-refractivity contribution in [1.82, 2.24) is 9.80 Å². The summed E-state index contributed by atoms with van der Waals surface area (Å²) in [6.07, 6.45) is 3.41. The van der Waals surface area contributed by atoms with Crippen LogP contribution in [0.5, 0.6) is 5.75 Å². The summed E-state index contributed by atoms with van der Waals surface area (Å²) in [5.41, 5.74) is 2.91.